The lowest BCUT2D eigenvalue weighted by Gasteiger charge is -2.23. The topological polar surface area (TPSA) is 21.3 Å². The summed E-state index contributed by atoms with van der Waals surface area (Å²) in [6.45, 7) is 2.44. The van der Waals surface area contributed by atoms with Crippen molar-refractivity contribution in [1.82, 2.24) is 5.32 Å². The Morgan fingerprint density at radius 3 is 2.94 bits per heavy atom. The van der Waals surface area contributed by atoms with Gasteiger partial charge in [-0.15, -0.1) is 0 Å². The summed E-state index contributed by atoms with van der Waals surface area (Å²) in [5, 5.41) is 4.71. The van der Waals surface area contributed by atoms with Gasteiger partial charge in [-0.3, -0.25) is 0 Å². The van der Waals surface area contributed by atoms with Gasteiger partial charge in [0.25, 0.3) is 0 Å². The van der Waals surface area contributed by atoms with E-state index in [1.54, 1.807) is 6.07 Å². The van der Waals surface area contributed by atoms with Crippen LogP contribution in [0.15, 0.2) is 18.2 Å². The molecule has 4 heteroatoms. The van der Waals surface area contributed by atoms with Gasteiger partial charge in [0.1, 0.15) is 0 Å². The van der Waals surface area contributed by atoms with Crippen molar-refractivity contribution >= 4 is 23.2 Å². The summed E-state index contributed by atoms with van der Waals surface area (Å²) >= 11 is 12.0. The molecule has 0 amide bonds. The number of benzene rings is 1. The van der Waals surface area contributed by atoms with E-state index < -0.39 is 0 Å². The average Bonchev–Trinajstić information content (AvgIpc) is 2.40. The Kier molecular flexibility index (Phi) is 5.77. The number of piperidine rings is 1. The molecule has 0 spiro atoms. The van der Waals surface area contributed by atoms with Crippen LogP contribution in [-0.4, -0.2) is 19.2 Å². The molecule has 0 bridgehead atoms. The van der Waals surface area contributed by atoms with Crippen LogP contribution in [0.1, 0.15) is 31.2 Å². The molecule has 1 aromatic rings. The van der Waals surface area contributed by atoms with Gasteiger partial charge in [0.05, 0.1) is 16.7 Å². The maximum atomic E-state index is 6.10. The molecule has 2 nitrogen and oxygen atoms in total. The molecule has 1 aliphatic heterocycles. The van der Waals surface area contributed by atoms with Gasteiger partial charge in [-0.1, -0.05) is 41.8 Å². The Balaban J connectivity index is 1.70. The number of hydrogen-bond donors (Lipinski definition) is 1. The maximum Gasteiger partial charge on any atom is 0.0731 e. The van der Waals surface area contributed by atoms with E-state index in [2.05, 4.69) is 5.32 Å². The van der Waals surface area contributed by atoms with Crippen LogP contribution in [0.3, 0.4) is 0 Å². The zero-order chi connectivity index (χ0) is 12.8. The fraction of sp³-hybridized carbons (Fsp3) is 0.571. The molecule has 1 unspecified atom stereocenters. The second-order valence-corrected chi connectivity index (χ2v) is 5.49. The zero-order valence-corrected chi connectivity index (χ0v) is 11.9. The van der Waals surface area contributed by atoms with Crippen LogP contribution in [0.4, 0.5) is 0 Å². The van der Waals surface area contributed by atoms with Gasteiger partial charge in [-0.05, 0) is 37.4 Å². The van der Waals surface area contributed by atoms with Gasteiger partial charge in [0.2, 0.25) is 0 Å². The van der Waals surface area contributed by atoms with Gasteiger partial charge in [0.15, 0.2) is 0 Å². The molecule has 1 aliphatic rings. The first-order valence-corrected chi connectivity index (χ1v) is 7.27. The minimum absolute atomic E-state index is 0.534. The van der Waals surface area contributed by atoms with Crippen LogP contribution in [0, 0.1) is 0 Å². The van der Waals surface area contributed by atoms with Crippen LogP contribution in [0.2, 0.25) is 10.0 Å². The molecular weight excluding hydrogens is 269 g/mol. The Morgan fingerprint density at radius 2 is 2.17 bits per heavy atom. The van der Waals surface area contributed by atoms with Gasteiger partial charge in [-0.2, -0.15) is 0 Å². The monoisotopic (exact) mass is 287 g/mol. The Morgan fingerprint density at radius 1 is 1.28 bits per heavy atom. The van der Waals surface area contributed by atoms with Crippen molar-refractivity contribution in [2.24, 2.45) is 0 Å². The van der Waals surface area contributed by atoms with Crippen molar-refractivity contribution in [3.05, 3.63) is 33.8 Å². The maximum absolute atomic E-state index is 6.10. The molecule has 1 N–H and O–H groups in total. The van der Waals surface area contributed by atoms with Crippen LogP contribution >= 0.6 is 23.2 Å². The highest BCUT2D eigenvalue weighted by Gasteiger charge is 2.12. The number of ether oxygens (including phenoxy) is 1. The van der Waals surface area contributed by atoms with E-state index in [1.165, 1.54) is 19.3 Å². The molecule has 0 aromatic heterocycles. The summed E-state index contributed by atoms with van der Waals surface area (Å²) in [4.78, 5) is 0. The van der Waals surface area contributed by atoms with E-state index in [1.807, 2.05) is 12.1 Å². The summed E-state index contributed by atoms with van der Waals surface area (Å²) in [7, 11) is 0. The van der Waals surface area contributed by atoms with Crippen LogP contribution in [-0.2, 0) is 11.3 Å². The van der Waals surface area contributed by atoms with E-state index in [4.69, 9.17) is 27.9 Å². The van der Waals surface area contributed by atoms with Crippen molar-refractivity contribution in [3.8, 4) is 0 Å². The minimum Gasteiger partial charge on any atom is -0.377 e. The van der Waals surface area contributed by atoms with Crippen molar-refractivity contribution in [3.63, 3.8) is 0 Å². The predicted molar refractivity (Wildman–Crippen MR) is 76.4 cm³/mol. The fourth-order valence-corrected chi connectivity index (χ4v) is 2.61. The number of rotatable bonds is 5. The average molecular weight is 288 g/mol. The van der Waals surface area contributed by atoms with E-state index in [-0.39, 0.29) is 0 Å². The van der Waals surface area contributed by atoms with E-state index in [9.17, 15) is 0 Å². The first-order valence-electron chi connectivity index (χ1n) is 6.51. The fourth-order valence-electron chi connectivity index (χ4n) is 2.24. The Hall–Kier alpha value is -0.280. The highest BCUT2D eigenvalue weighted by atomic mass is 35.5. The smallest absolute Gasteiger partial charge is 0.0731 e. The highest BCUT2D eigenvalue weighted by molar-refractivity contribution is 6.42. The molecule has 0 radical (unpaired) electrons. The Labute approximate surface area is 119 Å². The molecule has 1 aromatic carbocycles. The third-order valence-electron chi connectivity index (χ3n) is 3.31. The highest BCUT2D eigenvalue weighted by Crippen LogP contribution is 2.26. The molecule has 2 rings (SSSR count). The summed E-state index contributed by atoms with van der Waals surface area (Å²) < 4.78 is 5.68. The van der Waals surface area contributed by atoms with Crippen molar-refractivity contribution < 1.29 is 4.74 Å². The lowest BCUT2D eigenvalue weighted by atomic mass is 10.0. The summed E-state index contributed by atoms with van der Waals surface area (Å²) in [6, 6.07) is 6.26. The van der Waals surface area contributed by atoms with Crippen molar-refractivity contribution in [2.75, 3.05) is 13.2 Å². The molecule has 1 saturated heterocycles. The summed E-state index contributed by atoms with van der Waals surface area (Å²) in [5.41, 5.74) is 0.959. The normalized spacial score (nSPS) is 20.0. The van der Waals surface area contributed by atoms with Gasteiger partial charge >= 0.3 is 0 Å². The molecule has 18 heavy (non-hydrogen) atoms. The first kappa shape index (κ1) is 14.1. The molecule has 1 heterocycles. The van der Waals surface area contributed by atoms with Crippen LogP contribution in [0.5, 0.6) is 0 Å². The van der Waals surface area contributed by atoms with E-state index in [0.717, 1.165) is 25.1 Å². The summed E-state index contributed by atoms with van der Waals surface area (Å²) in [6.07, 6.45) is 4.97. The second-order valence-electron chi connectivity index (χ2n) is 4.70. The SMILES string of the molecule is Clc1cccc(COCCC2CCCCN2)c1Cl. The predicted octanol–water partition coefficient (Wildman–Crippen LogP) is 4.04. The molecule has 0 aliphatic carbocycles. The van der Waals surface area contributed by atoms with Crippen LogP contribution < -0.4 is 5.32 Å². The number of nitrogens with one attached hydrogen (secondary N) is 1. The van der Waals surface area contributed by atoms with Crippen LogP contribution in [0.25, 0.3) is 0 Å². The minimum atomic E-state index is 0.534. The van der Waals surface area contributed by atoms with Gasteiger partial charge < -0.3 is 10.1 Å². The molecular formula is C14H19Cl2NO. The third-order valence-corrected chi connectivity index (χ3v) is 4.17. The Bertz CT molecular complexity index is 378. The second kappa shape index (κ2) is 7.34. The summed E-state index contributed by atoms with van der Waals surface area (Å²) in [5.74, 6) is 0. The van der Waals surface area contributed by atoms with Gasteiger partial charge in [-0.25, -0.2) is 0 Å². The van der Waals surface area contributed by atoms with Gasteiger partial charge in [0, 0.05) is 12.6 Å². The lowest BCUT2D eigenvalue weighted by Crippen LogP contribution is -2.34. The molecule has 0 saturated carbocycles. The zero-order valence-electron chi connectivity index (χ0n) is 10.4. The third kappa shape index (κ3) is 4.13. The van der Waals surface area contributed by atoms with Crippen molar-refractivity contribution in [2.45, 2.75) is 38.3 Å². The number of halogens is 2. The van der Waals surface area contributed by atoms with E-state index in [0.29, 0.717) is 22.7 Å². The molecule has 1 atom stereocenters. The lowest BCUT2D eigenvalue weighted by molar-refractivity contribution is 0.108. The first-order chi connectivity index (χ1) is 8.77. The number of hydrogen-bond acceptors (Lipinski definition) is 2. The standard InChI is InChI=1S/C14H19Cl2NO/c15-13-6-3-4-11(14(13)16)10-18-9-7-12-5-1-2-8-17-12/h3-4,6,12,17H,1-2,5,7-10H2. The quantitative estimate of drug-likeness (QED) is 0.826. The molecule has 100 valence electrons. The van der Waals surface area contributed by atoms with E-state index >= 15 is 0 Å². The molecule has 1 fully saturated rings. The van der Waals surface area contributed by atoms with Crippen molar-refractivity contribution in [1.29, 1.82) is 0 Å². The largest absolute Gasteiger partial charge is 0.377 e.